The summed E-state index contributed by atoms with van der Waals surface area (Å²) < 4.78 is 7.25. The van der Waals surface area contributed by atoms with Gasteiger partial charge in [-0.1, -0.05) is 12.1 Å². The summed E-state index contributed by atoms with van der Waals surface area (Å²) in [6.07, 6.45) is 3.29. The third-order valence-corrected chi connectivity index (χ3v) is 4.79. The number of carbonyl (C=O) groups is 3. The molecule has 0 spiro atoms. The summed E-state index contributed by atoms with van der Waals surface area (Å²) in [6.45, 7) is 3.04. The van der Waals surface area contributed by atoms with Crippen LogP contribution in [0.4, 0.5) is 5.69 Å². The highest BCUT2D eigenvalue weighted by Crippen LogP contribution is 2.23. The summed E-state index contributed by atoms with van der Waals surface area (Å²) in [5.41, 5.74) is 2.53. The van der Waals surface area contributed by atoms with Crippen LogP contribution in [0.5, 0.6) is 0 Å². The topological polar surface area (TPSA) is 106 Å². The van der Waals surface area contributed by atoms with Gasteiger partial charge in [-0.3, -0.25) is 9.59 Å². The Labute approximate surface area is 175 Å². The number of methoxy groups -OCH3 is 1. The molecule has 0 unspecified atom stereocenters. The molecule has 0 atom stereocenters. The highest BCUT2D eigenvalue weighted by atomic mass is 79.9. The summed E-state index contributed by atoms with van der Waals surface area (Å²) in [5, 5.41) is 7.07. The second kappa shape index (κ2) is 8.44. The van der Waals surface area contributed by atoms with Crippen LogP contribution < -0.4 is 5.32 Å². The Morgan fingerprint density at radius 1 is 1.28 bits per heavy atom. The number of rotatable bonds is 6. The SMILES string of the molecule is COC(=O)c1c(CC(=O)Nc2ccccc2-n2cc(Br)cn2)[nH]c(C(C)=O)c1C. The minimum atomic E-state index is -0.601. The number of hydrogen-bond donors (Lipinski definition) is 2. The summed E-state index contributed by atoms with van der Waals surface area (Å²) in [7, 11) is 1.25. The average molecular weight is 459 g/mol. The number of H-pyrrole nitrogens is 1. The first-order valence-electron chi connectivity index (χ1n) is 8.72. The molecule has 1 aromatic carbocycles. The van der Waals surface area contributed by atoms with Gasteiger partial charge in [0.25, 0.3) is 0 Å². The Morgan fingerprint density at radius 2 is 2.00 bits per heavy atom. The van der Waals surface area contributed by atoms with Crippen LogP contribution in [0.1, 0.15) is 39.0 Å². The molecular formula is C20H19BrN4O4. The quantitative estimate of drug-likeness (QED) is 0.434. The third kappa shape index (κ3) is 4.29. The van der Waals surface area contributed by atoms with Crippen LogP contribution in [0, 0.1) is 6.92 Å². The van der Waals surface area contributed by atoms with Crippen LogP contribution in [0.25, 0.3) is 5.69 Å². The molecule has 8 nitrogen and oxygen atoms in total. The van der Waals surface area contributed by atoms with Gasteiger partial charge in [0, 0.05) is 18.8 Å². The largest absolute Gasteiger partial charge is 0.465 e. The predicted octanol–water partition coefficient (Wildman–Crippen LogP) is 3.44. The number of carbonyl (C=O) groups excluding carboxylic acids is 3. The Bertz CT molecular complexity index is 1100. The van der Waals surface area contributed by atoms with E-state index in [-0.39, 0.29) is 29.4 Å². The second-order valence-electron chi connectivity index (χ2n) is 6.37. The Morgan fingerprint density at radius 3 is 2.62 bits per heavy atom. The first kappa shape index (κ1) is 20.5. The Hall–Kier alpha value is -3.20. The maximum Gasteiger partial charge on any atom is 0.339 e. The van der Waals surface area contributed by atoms with Gasteiger partial charge in [-0.25, -0.2) is 9.48 Å². The van der Waals surface area contributed by atoms with Crippen molar-refractivity contribution < 1.29 is 19.1 Å². The molecule has 3 aromatic rings. The lowest BCUT2D eigenvalue weighted by Gasteiger charge is -2.11. The molecular weight excluding hydrogens is 440 g/mol. The number of ketones is 1. The van der Waals surface area contributed by atoms with Crippen LogP contribution in [-0.2, 0) is 16.0 Å². The molecule has 9 heteroatoms. The van der Waals surface area contributed by atoms with E-state index in [1.54, 1.807) is 36.1 Å². The van der Waals surface area contributed by atoms with Crippen molar-refractivity contribution >= 4 is 39.3 Å². The van der Waals surface area contributed by atoms with E-state index in [0.29, 0.717) is 22.6 Å². The number of aromatic amines is 1. The number of amides is 1. The standard InChI is InChI=1S/C20H19BrN4O4/c1-11-18(20(28)29-3)15(24-19(11)12(2)26)8-17(27)23-14-6-4-5-7-16(14)25-10-13(21)9-22-25/h4-7,9-10,24H,8H2,1-3H3,(H,23,27). The van der Waals surface area contributed by atoms with Crippen molar-refractivity contribution in [3.05, 3.63) is 63.6 Å². The van der Waals surface area contributed by atoms with E-state index < -0.39 is 5.97 Å². The minimum absolute atomic E-state index is 0.129. The first-order valence-corrected chi connectivity index (χ1v) is 9.51. The Balaban J connectivity index is 1.88. The highest BCUT2D eigenvalue weighted by Gasteiger charge is 2.24. The maximum absolute atomic E-state index is 12.7. The van der Waals surface area contributed by atoms with E-state index in [0.717, 1.165) is 4.47 Å². The van der Waals surface area contributed by atoms with Crippen LogP contribution in [0.15, 0.2) is 41.1 Å². The van der Waals surface area contributed by atoms with Gasteiger partial charge in [0.2, 0.25) is 5.91 Å². The van der Waals surface area contributed by atoms with Crippen LogP contribution in [-0.4, -0.2) is 39.5 Å². The van der Waals surface area contributed by atoms with Gasteiger partial charge < -0.3 is 15.0 Å². The molecule has 0 radical (unpaired) electrons. The van der Waals surface area contributed by atoms with Crippen LogP contribution in [0.2, 0.25) is 0 Å². The number of nitrogens with zero attached hydrogens (tertiary/aromatic N) is 2. The van der Waals surface area contributed by atoms with Crippen molar-refractivity contribution in [2.75, 3.05) is 12.4 Å². The molecule has 0 saturated carbocycles. The molecule has 1 amide bonds. The molecule has 0 fully saturated rings. The molecule has 3 rings (SSSR count). The smallest absolute Gasteiger partial charge is 0.339 e. The van der Waals surface area contributed by atoms with Gasteiger partial charge in [0.05, 0.1) is 46.8 Å². The van der Waals surface area contributed by atoms with E-state index in [1.807, 2.05) is 12.1 Å². The maximum atomic E-state index is 12.7. The van der Waals surface area contributed by atoms with Crippen molar-refractivity contribution in [2.45, 2.75) is 20.3 Å². The lowest BCUT2D eigenvalue weighted by molar-refractivity contribution is -0.115. The molecule has 0 bridgehead atoms. The fourth-order valence-corrected chi connectivity index (χ4v) is 3.37. The number of nitrogens with one attached hydrogen (secondary N) is 2. The van der Waals surface area contributed by atoms with Gasteiger partial charge in [-0.15, -0.1) is 0 Å². The first-order chi connectivity index (χ1) is 13.8. The van der Waals surface area contributed by atoms with Crippen molar-refractivity contribution in [3.8, 4) is 5.69 Å². The van der Waals surface area contributed by atoms with Gasteiger partial charge in [-0.2, -0.15) is 5.10 Å². The van der Waals surface area contributed by atoms with Crippen LogP contribution >= 0.6 is 15.9 Å². The van der Waals surface area contributed by atoms with Gasteiger partial charge in [0.15, 0.2) is 5.78 Å². The fraction of sp³-hybridized carbons (Fsp3) is 0.200. The molecule has 0 saturated heterocycles. The van der Waals surface area contributed by atoms with Gasteiger partial charge in [-0.05, 0) is 40.5 Å². The number of anilines is 1. The van der Waals surface area contributed by atoms with Crippen molar-refractivity contribution in [1.82, 2.24) is 14.8 Å². The molecule has 150 valence electrons. The van der Waals surface area contributed by atoms with E-state index in [1.165, 1.54) is 14.0 Å². The number of ether oxygens (including phenoxy) is 1. The number of aromatic nitrogens is 3. The summed E-state index contributed by atoms with van der Waals surface area (Å²) in [6, 6.07) is 7.21. The van der Waals surface area contributed by atoms with Crippen molar-refractivity contribution in [1.29, 1.82) is 0 Å². The number of benzene rings is 1. The zero-order valence-electron chi connectivity index (χ0n) is 16.1. The number of Topliss-reactive ketones (excluding diaryl/α,β-unsaturated/α-hetero) is 1. The highest BCUT2D eigenvalue weighted by molar-refractivity contribution is 9.10. The zero-order chi connectivity index (χ0) is 21.1. The van der Waals surface area contributed by atoms with Gasteiger partial charge >= 0.3 is 5.97 Å². The molecule has 2 N–H and O–H groups in total. The third-order valence-electron chi connectivity index (χ3n) is 4.38. The van der Waals surface area contributed by atoms with E-state index in [9.17, 15) is 14.4 Å². The molecule has 2 aromatic heterocycles. The monoisotopic (exact) mass is 458 g/mol. The molecule has 0 aliphatic carbocycles. The fourth-order valence-electron chi connectivity index (χ4n) is 3.09. The Kier molecular flexibility index (Phi) is 5.97. The average Bonchev–Trinajstić information content (AvgIpc) is 3.25. The minimum Gasteiger partial charge on any atom is -0.465 e. The predicted molar refractivity (Wildman–Crippen MR) is 110 cm³/mol. The number of hydrogen-bond acceptors (Lipinski definition) is 5. The summed E-state index contributed by atoms with van der Waals surface area (Å²) in [5.74, 6) is -1.19. The molecule has 0 aliphatic heterocycles. The van der Waals surface area contributed by atoms with E-state index in [4.69, 9.17) is 4.74 Å². The normalized spacial score (nSPS) is 10.6. The number of halogens is 1. The lowest BCUT2D eigenvalue weighted by Crippen LogP contribution is -2.18. The molecule has 0 aliphatic rings. The van der Waals surface area contributed by atoms with Gasteiger partial charge in [0.1, 0.15) is 0 Å². The summed E-state index contributed by atoms with van der Waals surface area (Å²) in [4.78, 5) is 39.6. The lowest BCUT2D eigenvalue weighted by atomic mass is 10.1. The van der Waals surface area contributed by atoms with Crippen molar-refractivity contribution in [2.24, 2.45) is 0 Å². The van der Waals surface area contributed by atoms with E-state index >= 15 is 0 Å². The zero-order valence-corrected chi connectivity index (χ0v) is 17.7. The second-order valence-corrected chi connectivity index (χ2v) is 7.29. The molecule has 29 heavy (non-hydrogen) atoms. The van der Waals surface area contributed by atoms with Crippen LogP contribution in [0.3, 0.4) is 0 Å². The number of esters is 1. The summed E-state index contributed by atoms with van der Waals surface area (Å²) >= 11 is 3.35. The van der Waals surface area contributed by atoms with E-state index in [2.05, 4.69) is 31.3 Å². The van der Waals surface area contributed by atoms with Crippen molar-refractivity contribution in [3.63, 3.8) is 0 Å². The molecule has 2 heterocycles. The number of para-hydroxylation sites is 2.